The van der Waals surface area contributed by atoms with Gasteiger partial charge in [0.15, 0.2) is 0 Å². The molecule has 0 spiro atoms. The number of carbonyl (C=O) groups excluding carboxylic acids is 1. The van der Waals surface area contributed by atoms with Crippen LogP contribution in [0.15, 0.2) is 48.9 Å². The van der Waals surface area contributed by atoms with Crippen LogP contribution in [0.2, 0.25) is 0 Å². The topological polar surface area (TPSA) is 103 Å². The molecule has 0 aliphatic heterocycles. The summed E-state index contributed by atoms with van der Waals surface area (Å²) in [7, 11) is 0. The third-order valence-corrected chi connectivity index (χ3v) is 3.71. The fourth-order valence-corrected chi connectivity index (χ4v) is 2.53. The van der Waals surface area contributed by atoms with E-state index in [-0.39, 0.29) is 11.4 Å². The summed E-state index contributed by atoms with van der Waals surface area (Å²) >= 11 is 0. The number of non-ortho nitro benzene ring substituents is 1. The maximum absolute atomic E-state index is 12.5. The molecule has 2 aromatic heterocycles. The van der Waals surface area contributed by atoms with Crippen molar-refractivity contribution < 1.29 is 9.72 Å². The summed E-state index contributed by atoms with van der Waals surface area (Å²) in [5.74, 6) is -0.394. The zero-order chi connectivity index (χ0) is 18.0. The lowest BCUT2D eigenvalue weighted by atomic mass is 10.1. The molecule has 0 fully saturated rings. The van der Waals surface area contributed by atoms with Gasteiger partial charge in [0, 0.05) is 36.4 Å². The summed E-state index contributed by atoms with van der Waals surface area (Å²) in [5, 5.41) is 17.8. The molecule has 25 heavy (non-hydrogen) atoms. The van der Waals surface area contributed by atoms with Gasteiger partial charge in [0.2, 0.25) is 0 Å². The molecule has 0 radical (unpaired) electrons. The summed E-state index contributed by atoms with van der Waals surface area (Å²) in [5.41, 5.74) is 2.70. The smallest absolute Gasteiger partial charge is 0.274 e. The number of benzene rings is 1. The lowest BCUT2D eigenvalue weighted by Crippen LogP contribution is -2.16. The minimum atomic E-state index is -0.458. The molecule has 3 rings (SSSR count). The maximum Gasteiger partial charge on any atom is 0.274 e. The van der Waals surface area contributed by atoms with Gasteiger partial charge < -0.3 is 5.32 Å². The molecule has 3 aromatic rings. The van der Waals surface area contributed by atoms with Crippen LogP contribution in [-0.2, 0) is 0 Å². The van der Waals surface area contributed by atoms with Crippen molar-refractivity contribution in [1.82, 2.24) is 14.8 Å². The van der Waals surface area contributed by atoms with Gasteiger partial charge in [0.25, 0.3) is 11.6 Å². The molecule has 0 saturated carbocycles. The summed E-state index contributed by atoms with van der Waals surface area (Å²) in [6.07, 6.45) is 4.94. The van der Waals surface area contributed by atoms with Crippen molar-refractivity contribution in [3.63, 3.8) is 0 Å². The van der Waals surface area contributed by atoms with E-state index in [1.807, 2.05) is 0 Å². The van der Waals surface area contributed by atoms with Crippen LogP contribution in [0.3, 0.4) is 0 Å². The van der Waals surface area contributed by atoms with E-state index < -0.39 is 10.8 Å². The Kier molecular flexibility index (Phi) is 4.25. The van der Waals surface area contributed by atoms with Crippen molar-refractivity contribution in [2.45, 2.75) is 13.8 Å². The van der Waals surface area contributed by atoms with Gasteiger partial charge in [-0.3, -0.25) is 19.9 Å². The number of pyridine rings is 1. The first kappa shape index (κ1) is 16.3. The molecular weight excluding hydrogens is 322 g/mol. The minimum Gasteiger partial charge on any atom is -0.320 e. The standard InChI is InChI=1S/C17H15N5O3/c1-11-8-14(22(24)25)9-12(2)16(11)20-17(23)15-10-13(4-6-18-15)21-7-3-5-19-21/h3-10H,1-2H3,(H,20,23). The molecule has 0 aliphatic rings. The first-order chi connectivity index (χ1) is 12.0. The van der Waals surface area contributed by atoms with Crippen LogP contribution in [0.25, 0.3) is 5.69 Å². The van der Waals surface area contributed by atoms with Crippen molar-refractivity contribution in [2.24, 2.45) is 0 Å². The Morgan fingerprint density at radius 2 is 1.92 bits per heavy atom. The number of aromatic nitrogens is 3. The van der Waals surface area contributed by atoms with Gasteiger partial charge in [-0.25, -0.2) is 4.68 Å². The van der Waals surface area contributed by atoms with Crippen LogP contribution >= 0.6 is 0 Å². The normalized spacial score (nSPS) is 10.5. The summed E-state index contributed by atoms with van der Waals surface area (Å²) in [4.78, 5) is 27.1. The fourth-order valence-electron chi connectivity index (χ4n) is 2.53. The number of hydrogen-bond acceptors (Lipinski definition) is 5. The van der Waals surface area contributed by atoms with Crippen molar-refractivity contribution >= 4 is 17.3 Å². The molecule has 1 N–H and O–H groups in total. The number of anilines is 1. The van der Waals surface area contributed by atoms with Crippen molar-refractivity contribution in [1.29, 1.82) is 0 Å². The fraction of sp³-hybridized carbons (Fsp3) is 0.118. The largest absolute Gasteiger partial charge is 0.320 e. The van der Waals surface area contributed by atoms with Crippen LogP contribution in [-0.4, -0.2) is 25.6 Å². The van der Waals surface area contributed by atoms with Crippen molar-refractivity contribution in [3.8, 4) is 5.69 Å². The molecule has 1 aromatic carbocycles. The van der Waals surface area contributed by atoms with E-state index in [0.29, 0.717) is 22.5 Å². The van der Waals surface area contributed by atoms with E-state index in [1.54, 1.807) is 49.1 Å². The Bertz CT molecular complexity index is 928. The van der Waals surface area contributed by atoms with Crippen LogP contribution in [0.5, 0.6) is 0 Å². The third kappa shape index (κ3) is 3.37. The zero-order valence-electron chi connectivity index (χ0n) is 13.6. The molecule has 8 nitrogen and oxygen atoms in total. The Morgan fingerprint density at radius 1 is 1.20 bits per heavy atom. The van der Waals surface area contributed by atoms with Crippen molar-refractivity contribution in [2.75, 3.05) is 5.32 Å². The highest BCUT2D eigenvalue weighted by Gasteiger charge is 2.16. The molecule has 0 unspecified atom stereocenters. The second kappa shape index (κ2) is 6.52. The van der Waals surface area contributed by atoms with E-state index in [1.165, 1.54) is 18.3 Å². The molecule has 0 bridgehead atoms. The van der Waals surface area contributed by atoms with Gasteiger partial charge in [0.1, 0.15) is 5.69 Å². The van der Waals surface area contributed by atoms with Gasteiger partial charge in [0.05, 0.1) is 10.6 Å². The summed E-state index contributed by atoms with van der Waals surface area (Å²) in [6, 6.07) is 8.00. The van der Waals surface area contributed by atoms with Gasteiger partial charge in [-0.1, -0.05) is 0 Å². The summed E-state index contributed by atoms with van der Waals surface area (Å²) < 4.78 is 1.63. The lowest BCUT2D eigenvalue weighted by molar-refractivity contribution is -0.384. The number of aryl methyl sites for hydroxylation is 2. The average molecular weight is 337 g/mol. The molecule has 8 heteroatoms. The number of nitrogens with one attached hydrogen (secondary N) is 1. The highest BCUT2D eigenvalue weighted by molar-refractivity contribution is 6.04. The molecule has 0 saturated heterocycles. The number of nitro groups is 1. The van der Waals surface area contributed by atoms with E-state index in [4.69, 9.17) is 0 Å². The minimum absolute atomic E-state index is 0.00759. The number of nitrogens with zero attached hydrogens (tertiary/aromatic N) is 4. The number of carbonyl (C=O) groups is 1. The van der Waals surface area contributed by atoms with E-state index in [2.05, 4.69) is 15.4 Å². The molecule has 126 valence electrons. The van der Waals surface area contributed by atoms with Crippen LogP contribution < -0.4 is 5.32 Å². The molecular formula is C17H15N5O3. The summed E-state index contributed by atoms with van der Waals surface area (Å²) in [6.45, 7) is 3.42. The first-order valence-corrected chi connectivity index (χ1v) is 7.49. The second-order valence-electron chi connectivity index (χ2n) is 5.52. The van der Waals surface area contributed by atoms with E-state index in [9.17, 15) is 14.9 Å². The van der Waals surface area contributed by atoms with Gasteiger partial charge in [-0.05, 0) is 43.2 Å². The number of rotatable bonds is 4. The molecule has 2 heterocycles. The van der Waals surface area contributed by atoms with Gasteiger partial charge in [-0.2, -0.15) is 5.10 Å². The Hall–Kier alpha value is -3.55. The first-order valence-electron chi connectivity index (χ1n) is 7.49. The number of nitro benzene ring substituents is 1. The Balaban J connectivity index is 1.88. The average Bonchev–Trinajstić information content (AvgIpc) is 3.12. The molecule has 1 amide bonds. The second-order valence-corrected chi connectivity index (χ2v) is 5.52. The van der Waals surface area contributed by atoms with Gasteiger partial charge in [-0.15, -0.1) is 0 Å². The highest BCUT2D eigenvalue weighted by Crippen LogP contribution is 2.26. The SMILES string of the molecule is Cc1cc([N+](=O)[O-])cc(C)c1NC(=O)c1cc(-n2cccn2)ccn1. The number of hydrogen-bond donors (Lipinski definition) is 1. The lowest BCUT2D eigenvalue weighted by Gasteiger charge is -2.12. The van der Waals surface area contributed by atoms with Crippen LogP contribution in [0, 0.1) is 24.0 Å². The highest BCUT2D eigenvalue weighted by atomic mass is 16.6. The van der Waals surface area contributed by atoms with Gasteiger partial charge >= 0.3 is 0 Å². The Labute approximate surface area is 143 Å². The molecule has 0 aliphatic carbocycles. The maximum atomic E-state index is 12.5. The molecule has 0 atom stereocenters. The van der Waals surface area contributed by atoms with Crippen LogP contribution in [0.1, 0.15) is 21.6 Å². The van der Waals surface area contributed by atoms with E-state index >= 15 is 0 Å². The van der Waals surface area contributed by atoms with Crippen LogP contribution in [0.4, 0.5) is 11.4 Å². The number of amides is 1. The zero-order valence-corrected chi connectivity index (χ0v) is 13.6. The Morgan fingerprint density at radius 3 is 2.52 bits per heavy atom. The third-order valence-electron chi connectivity index (χ3n) is 3.71. The quantitative estimate of drug-likeness (QED) is 0.582. The van der Waals surface area contributed by atoms with E-state index in [0.717, 1.165) is 0 Å². The van der Waals surface area contributed by atoms with Crippen molar-refractivity contribution in [3.05, 3.63) is 75.9 Å². The monoisotopic (exact) mass is 337 g/mol. The predicted molar refractivity (Wildman–Crippen MR) is 91.9 cm³/mol. The predicted octanol–water partition coefficient (Wildman–Crippen LogP) is 3.04.